The maximum atomic E-state index is 14.2. The lowest BCUT2D eigenvalue weighted by Gasteiger charge is -2.35. The molecule has 1 unspecified atom stereocenters. The van der Waals surface area contributed by atoms with Crippen molar-refractivity contribution in [1.29, 1.82) is 10.5 Å². The van der Waals surface area contributed by atoms with Gasteiger partial charge in [-0.1, -0.05) is 11.6 Å². The van der Waals surface area contributed by atoms with Crippen LogP contribution in [0.5, 0.6) is 0 Å². The number of nitrogens with zero attached hydrogens (tertiary/aromatic N) is 4. The first-order valence-electron chi connectivity index (χ1n) is 7.38. The third-order valence-electron chi connectivity index (χ3n) is 3.94. The molecule has 0 aliphatic carbocycles. The lowest BCUT2D eigenvalue weighted by atomic mass is 10.0. The van der Waals surface area contributed by atoms with Crippen molar-refractivity contribution in [1.82, 2.24) is 4.37 Å². The molecule has 1 aliphatic rings. The van der Waals surface area contributed by atoms with E-state index in [4.69, 9.17) is 22.1 Å². The van der Waals surface area contributed by atoms with Crippen LogP contribution in [0.4, 0.5) is 15.1 Å². The van der Waals surface area contributed by atoms with Crippen LogP contribution in [-0.4, -0.2) is 23.5 Å². The van der Waals surface area contributed by atoms with Crippen LogP contribution in [0.15, 0.2) is 18.2 Å². The second kappa shape index (κ2) is 7.04. The zero-order valence-corrected chi connectivity index (χ0v) is 14.2. The maximum Gasteiger partial charge on any atom is 0.162 e. The Labute approximate surface area is 148 Å². The Kier molecular flexibility index (Phi) is 4.84. The fraction of sp³-hybridized carbons (Fsp3) is 0.312. The van der Waals surface area contributed by atoms with Crippen LogP contribution in [-0.2, 0) is 0 Å². The molecule has 24 heavy (non-hydrogen) atoms. The largest absolute Gasteiger partial charge is 0.370 e. The topological polar surface area (TPSA) is 75.7 Å². The molecule has 1 saturated heterocycles. The van der Waals surface area contributed by atoms with Gasteiger partial charge in [-0.2, -0.15) is 14.9 Å². The molecule has 122 valence electrons. The van der Waals surface area contributed by atoms with Crippen LogP contribution in [0.2, 0.25) is 5.15 Å². The quantitative estimate of drug-likeness (QED) is 0.900. The summed E-state index contributed by atoms with van der Waals surface area (Å²) >= 11 is 7.04. The van der Waals surface area contributed by atoms with Gasteiger partial charge in [0, 0.05) is 19.1 Å². The van der Waals surface area contributed by atoms with Gasteiger partial charge in [-0.15, -0.1) is 0 Å². The monoisotopic (exact) mass is 361 g/mol. The van der Waals surface area contributed by atoms with E-state index in [1.54, 1.807) is 12.1 Å². The zero-order chi connectivity index (χ0) is 17.1. The van der Waals surface area contributed by atoms with E-state index in [2.05, 4.69) is 9.69 Å². The van der Waals surface area contributed by atoms with Gasteiger partial charge >= 0.3 is 0 Å². The fourth-order valence-electron chi connectivity index (χ4n) is 2.80. The van der Waals surface area contributed by atoms with Crippen molar-refractivity contribution < 1.29 is 4.39 Å². The van der Waals surface area contributed by atoms with Gasteiger partial charge in [0.2, 0.25) is 0 Å². The molecule has 0 spiro atoms. The summed E-state index contributed by atoms with van der Waals surface area (Å²) in [5.41, 5.74) is 1.15. The number of aromatic nitrogens is 1. The van der Waals surface area contributed by atoms with E-state index in [0.717, 1.165) is 30.9 Å². The highest BCUT2D eigenvalue weighted by atomic mass is 35.5. The van der Waals surface area contributed by atoms with Crippen molar-refractivity contribution in [2.75, 3.05) is 23.3 Å². The second-order valence-corrected chi connectivity index (χ2v) is 6.63. The van der Waals surface area contributed by atoms with Crippen LogP contribution in [0.3, 0.4) is 0 Å². The predicted molar refractivity (Wildman–Crippen MR) is 91.8 cm³/mol. The van der Waals surface area contributed by atoms with Crippen molar-refractivity contribution in [2.45, 2.75) is 18.9 Å². The van der Waals surface area contributed by atoms with Gasteiger partial charge in [0.15, 0.2) is 5.15 Å². The van der Waals surface area contributed by atoms with Gasteiger partial charge in [-0.3, -0.25) is 0 Å². The SMILES string of the molecule is N#Cc1ccc(N2CCCC(Nc3snc(Cl)c3C#N)C2)c(F)c1. The van der Waals surface area contributed by atoms with E-state index < -0.39 is 5.82 Å². The average Bonchev–Trinajstić information content (AvgIpc) is 2.94. The molecule has 1 fully saturated rings. The highest BCUT2D eigenvalue weighted by Gasteiger charge is 2.24. The molecule has 3 rings (SSSR count). The molecule has 5 nitrogen and oxygen atoms in total. The first kappa shape index (κ1) is 16.5. The van der Waals surface area contributed by atoms with Gasteiger partial charge in [0.25, 0.3) is 0 Å². The summed E-state index contributed by atoms with van der Waals surface area (Å²) in [6, 6.07) is 8.56. The highest BCUT2D eigenvalue weighted by molar-refractivity contribution is 7.10. The van der Waals surface area contributed by atoms with Crippen LogP contribution < -0.4 is 10.2 Å². The van der Waals surface area contributed by atoms with E-state index >= 15 is 0 Å². The summed E-state index contributed by atoms with van der Waals surface area (Å²) in [6.07, 6.45) is 1.81. The standard InChI is InChI=1S/C16H13ClFN5S/c17-15-12(8-20)16(24-22-15)21-11-2-1-5-23(9-11)14-4-3-10(7-19)6-13(14)18/h3-4,6,11,21H,1-2,5,9H2. The predicted octanol–water partition coefficient (Wildman–Crippen LogP) is 3.76. The molecular formula is C16H13ClFN5S. The smallest absolute Gasteiger partial charge is 0.162 e. The third kappa shape index (κ3) is 3.28. The summed E-state index contributed by atoms with van der Waals surface area (Å²) < 4.78 is 18.2. The number of halogens is 2. The Hall–Kier alpha value is -2.35. The molecule has 1 atom stereocenters. The molecule has 0 radical (unpaired) electrons. The summed E-state index contributed by atoms with van der Waals surface area (Å²) in [4.78, 5) is 1.95. The first-order chi connectivity index (χ1) is 11.6. The number of piperidine rings is 1. The summed E-state index contributed by atoms with van der Waals surface area (Å²) in [6.45, 7) is 1.35. The Bertz CT molecular complexity index is 838. The number of benzene rings is 1. The van der Waals surface area contributed by atoms with Gasteiger partial charge in [0.05, 0.1) is 17.3 Å². The minimum absolute atomic E-state index is 0.0670. The summed E-state index contributed by atoms with van der Waals surface area (Å²) in [7, 11) is 0. The molecule has 8 heteroatoms. The number of hydrogen-bond acceptors (Lipinski definition) is 6. The van der Waals surface area contributed by atoms with Crippen molar-refractivity contribution >= 4 is 33.8 Å². The van der Waals surface area contributed by atoms with E-state index in [1.807, 2.05) is 17.0 Å². The maximum absolute atomic E-state index is 14.2. The van der Waals surface area contributed by atoms with Crippen molar-refractivity contribution in [2.24, 2.45) is 0 Å². The van der Waals surface area contributed by atoms with Crippen molar-refractivity contribution in [3.05, 3.63) is 40.3 Å². The molecule has 1 aromatic carbocycles. The van der Waals surface area contributed by atoms with Crippen LogP contribution in [0.1, 0.15) is 24.0 Å². The molecular weight excluding hydrogens is 349 g/mol. The molecule has 1 aliphatic heterocycles. The minimum atomic E-state index is -0.395. The minimum Gasteiger partial charge on any atom is -0.370 e. The number of anilines is 2. The Morgan fingerprint density at radius 2 is 2.21 bits per heavy atom. The van der Waals surface area contributed by atoms with Crippen molar-refractivity contribution in [3.8, 4) is 12.1 Å². The van der Waals surface area contributed by atoms with Crippen LogP contribution in [0, 0.1) is 28.5 Å². The molecule has 0 saturated carbocycles. The van der Waals surface area contributed by atoms with Crippen LogP contribution in [0.25, 0.3) is 0 Å². The lowest BCUT2D eigenvalue weighted by Crippen LogP contribution is -2.42. The van der Waals surface area contributed by atoms with E-state index in [1.165, 1.54) is 6.07 Å². The number of nitriles is 2. The normalized spacial score (nSPS) is 17.2. The number of rotatable bonds is 3. The Balaban J connectivity index is 1.75. The number of nitrogens with one attached hydrogen (secondary N) is 1. The summed E-state index contributed by atoms with van der Waals surface area (Å²) in [5, 5.41) is 22.1. The van der Waals surface area contributed by atoms with E-state index in [9.17, 15) is 4.39 Å². The van der Waals surface area contributed by atoms with Crippen molar-refractivity contribution in [3.63, 3.8) is 0 Å². The highest BCUT2D eigenvalue weighted by Crippen LogP contribution is 2.30. The molecule has 1 aromatic heterocycles. The first-order valence-corrected chi connectivity index (χ1v) is 8.54. The second-order valence-electron chi connectivity index (χ2n) is 5.50. The summed E-state index contributed by atoms with van der Waals surface area (Å²) in [5.74, 6) is -0.395. The molecule has 0 amide bonds. The Morgan fingerprint density at radius 1 is 1.38 bits per heavy atom. The molecule has 2 heterocycles. The lowest BCUT2D eigenvalue weighted by molar-refractivity contribution is 0.519. The molecule has 2 aromatic rings. The zero-order valence-electron chi connectivity index (χ0n) is 12.6. The van der Waals surface area contributed by atoms with Crippen LogP contribution >= 0.6 is 23.1 Å². The van der Waals surface area contributed by atoms with E-state index in [-0.39, 0.29) is 11.2 Å². The van der Waals surface area contributed by atoms with Gasteiger partial charge in [-0.25, -0.2) is 4.39 Å². The van der Waals surface area contributed by atoms with E-state index in [0.29, 0.717) is 28.4 Å². The van der Waals surface area contributed by atoms with Gasteiger partial charge in [0.1, 0.15) is 22.5 Å². The Morgan fingerprint density at radius 3 is 2.92 bits per heavy atom. The molecule has 1 N–H and O–H groups in total. The average molecular weight is 362 g/mol. The third-order valence-corrected chi connectivity index (χ3v) is 5.09. The fourth-order valence-corrected chi connectivity index (χ4v) is 3.81. The number of hydrogen-bond donors (Lipinski definition) is 1. The molecule has 0 bridgehead atoms. The van der Waals surface area contributed by atoms with Gasteiger partial charge in [-0.05, 0) is 42.6 Å². The van der Waals surface area contributed by atoms with Gasteiger partial charge < -0.3 is 10.2 Å².